The maximum Gasteiger partial charge on any atom is 0.165 e. The van der Waals surface area contributed by atoms with Crippen molar-refractivity contribution >= 4 is 11.3 Å². The van der Waals surface area contributed by atoms with Gasteiger partial charge in [-0.05, 0) is 12.1 Å². The predicted octanol–water partition coefficient (Wildman–Crippen LogP) is 2.46. The number of aromatic nitrogens is 1. The fraction of sp³-hybridized carbons (Fsp3) is 0.182. The molecule has 0 spiro atoms. The number of rotatable bonds is 4. The molecule has 1 heterocycles. The van der Waals surface area contributed by atoms with E-state index in [0.717, 1.165) is 23.2 Å². The number of benzene rings is 1. The Hall–Kier alpha value is -1.53. The molecule has 0 saturated heterocycles. The minimum atomic E-state index is -0.597. The second-order valence-electron chi connectivity index (χ2n) is 3.30. The molecule has 0 bridgehead atoms. The Balaban J connectivity index is 2.04. The molecule has 2 aromatic rings. The Bertz CT molecular complexity index is 516. The highest BCUT2D eigenvalue weighted by molar-refractivity contribution is 7.09. The maximum absolute atomic E-state index is 13.2. The van der Waals surface area contributed by atoms with Crippen LogP contribution < -0.4 is 10.5 Å². The van der Waals surface area contributed by atoms with E-state index >= 15 is 0 Å². The quantitative estimate of drug-likeness (QED) is 0.914. The van der Waals surface area contributed by atoms with Gasteiger partial charge in [0.2, 0.25) is 0 Å². The van der Waals surface area contributed by atoms with Crippen LogP contribution in [-0.2, 0) is 13.2 Å². The Kier molecular flexibility index (Phi) is 3.65. The molecule has 2 N–H and O–H groups in total. The second kappa shape index (κ2) is 5.20. The van der Waals surface area contributed by atoms with Crippen molar-refractivity contribution in [2.45, 2.75) is 13.2 Å². The lowest BCUT2D eigenvalue weighted by molar-refractivity contribution is 0.284. The van der Waals surface area contributed by atoms with E-state index in [1.807, 2.05) is 0 Å². The first-order valence-corrected chi connectivity index (χ1v) is 5.78. The highest BCUT2D eigenvalue weighted by Gasteiger charge is 2.07. The molecule has 0 radical (unpaired) electrons. The third-order valence-corrected chi connectivity index (χ3v) is 2.96. The highest BCUT2D eigenvalue weighted by atomic mass is 32.1. The third kappa shape index (κ3) is 2.98. The molecule has 0 fully saturated rings. The Morgan fingerprint density at radius 3 is 2.88 bits per heavy atom. The van der Waals surface area contributed by atoms with Crippen LogP contribution in [0.3, 0.4) is 0 Å². The normalized spacial score (nSPS) is 10.5. The van der Waals surface area contributed by atoms with Crippen molar-refractivity contribution in [1.82, 2.24) is 4.98 Å². The van der Waals surface area contributed by atoms with Crippen molar-refractivity contribution in [3.8, 4) is 5.75 Å². The van der Waals surface area contributed by atoms with Crippen LogP contribution >= 0.6 is 11.3 Å². The van der Waals surface area contributed by atoms with Crippen LogP contribution in [0.2, 0.25) is 0 Å². The molecule has 2 rings (SSSR count). The lowest BCUT2D eigenvalue weighted by Crippen LogP contribution is -2.00. The second-order valence-corrected chi connectivity index (χ2v) is 4.24. The minimum Gasteiger partial charge on any atom is -0.484 e. The summed E-state index contributed by atoms with van der Waals surface area (Å²) in [4.78, 5) is 4.15. The molecule has 17 heavy (non-hydrogen) atoms. The van der Waals surface area contributed by atoms with Crippen LogP contribution in [0.4, 0.5) is 8.78 Å². The van der Waals surface area contributed by atoms with Gasteiger partial charge in [-0.1, -0.05) is 0 Å². The third-order valence-electron chi connectivity index (χ3n) is 2.04. The van der Waals surface area contributed by atoms with Crippen molar-refractivity contribution in [2.24, 2.45) is 5.73 Å². The van der Waals surface area contributed by atoms with Crippen LogP contribution in [0.15, 0.2) is 23.6 Å². The predicted molar refractivity (Wildman–Crippen MR) is 60.7 cm³/mol. The SMILES string of the molecule is NCc1nc(COc2cc(F)ccc2F)cs1. The summed E-state index contributed by atoms with van der Waals surface area (Å²) in [6.45, 7) is 0.454. The van der Waals surface area contributed by atoms with Gasteiger partial charge in [0.1, 0.15) is 17.4 Å². The van der Waals surface area contributed by atoms with Crippen LogP contribution in [0, 0.1) is 11.6 Å². The standard InChI is InChI=1S/C11H10F2N2OS/c12-7-1-2-9(13)10(3-7)16-5-8-6-17-11(4-14)15-8/h1-3,6H,4-5,14H2. The molecule has 0 amide bonds. The highest BCUT2D eigenvalue weighted by Crippen LogP contribution is 2.19. The minimum absolute atomic E-state index is 0.0941. The summed E-state index contributed by atoms with van der Waals surface area (Å²) in [5, 5.41) is 2.56. The largest absolute Gasteiger partial charge is 0.484 e. The monoisotopic (exact) mass is 256 g/mol. The fourth-order valence-corrected chi connectivity index (χ4v) is 1.91. The van der Waals surface area contributed by atoms with E-state index in [9.17, 15) is 8.78 Å². The molecule has 0 aliphatic heterocycles. The van der Waals surface area contributed by atoms with Gasteiger partial charge in [-0.2, -0.15) is 0 Å². The van der Waals surface area contributed by atoms with E-state index < -0.39 is 11.6 Å². The Morgan fingerprint density at radius 2 is 2.18 bits per heavy atom. The molecule has 0 aliphatic carbocycles. The van der Waals surface area contributed by atoms with Gasteiger partial charge in [-0.3, -0.25) is 0 Å². The van der Waals surface area contributed by atoms with Crippen LogP contribution in [0.1, 0.15) is 10.7 Å². The average molecular weight is 256 g/mol. The fourth-order valence-electron chi connectivity index (χ4n) is 1.25. The lowest BCUT2D eigenvalue weighted by Gasteiger charge is -2.05. The summed E-state index contributed by atoms with van der Waals surface area (Å²) in [7, 11) is 0. The van der Waals surface area contributed by atoms with Crippen LogP contribution in [0.5, 0.6) is 5.75 Å². The molecule has 6 heteroatoms. The van der Waals surface area contributed by atoms with Crippen molar-refractivity contribution in [3.63, 3.8) is 0 Å². The zero-order chi connectivity index (χ0) is 12.3. The van der Waals surface area contributed by atoms with Gasteiger partial charge in [-0.15, -0.1) is 11.3 Å². The molecule has 3 nitrogen and oxygen atoms in total. The number of thiazole rings is 1. The molecule has 0 unspecified atom stereocenters. The lowest BCUT2D eigenvalue weighted by atomic mass is 10.3. The molecular weight excluding hydrogens is 246 g/mol. The van der Waals surface area contributed by atoms with Crippen molar-refractivity contribution in [3.05, 3.63) is 45.9 Å². The number of nitrogens with zero attached hydrogens (tertiary/aromatic N) is 1. The first-order valence-electron chi connectivity index (χ1n) is 4.90. The van der Waals surface area contributed by atoms with Gasteiger partial charge < -0.3 is 10.5 Å². The average Bonchev–Trinajstić information content (AvgIpc) is 2.78. The summed E-state index contributed by atoms with van der Waals surface area (Å²) >= 11 is 1.41. The molecule has 0 aliphatic rings. The maximum atomic E-state index is 13.2. The van der Waals surface area contributed by atoms with Crippen LogP contribution in [-0.4, -0.2) is 4.98 Å². The van der Waals surface area contributed by atoms with Gasteiger partial charge >= 0.3 is 0 Å². The number of nitrogens with two attached hydrogens (primary N) is 1. The van der Waals surface area contributed by atoms with E-state index in [1.54, 1.807) is 5.38 Å². The van der Waals surface area contributed by atoms with Gasteiger partial charge in [-0.25, -0.2) is 13.8 Å². The van der Waals surface area contributed by atoms with Gasteiger partial charge in [0.25, 0.3) is 0 Å². The Labute approximate surface area is 101 Å². The summed E-state index contributed by atoms with van der Waals surface area (Å²) in [6.07, 6.45) is 0. The zero-order valence-electron chi connectivity index (χ0n) is 8.82. The number of ether oxygens (including phenoxy) is 1. The molecule has 90 valence electrons. The van der Waals surface area contributed by atoms with Gasteiger partial charge in [0.15, 0.2) is 11.6 Å². The summed E-state index contributed by atoms with van der Waals surface area (Å²) in [6, 6.07) is 3.07. The van der Waals surface area contributed by atoms with E-state index in [4.69, 9.17) is 10.5 Å². The summed E-state index contributed by atoms with van der Waals surface area (Å²) in [5.41, 5.74) is 6.06. The van der Waals surface area contributed by atoms with Crippen molar-refractivity contribution < 1.29 is 13.5 Å². The van der Waals surface area contributed by atoms with E-state index in [-0.39, 0.29) is 12.4 Å². The molecule has 1 aromatic carbocycles. The molecule has 0 atom stereocenters. The zero-order valence-corrected chi connectivity index (χ0v) is 9.64. The van der Waals surface area contributed by atoms with Crippen LogP contribution in [0.25, 0.3) is 0 Å². The van der Waals surface area contributed by atoms with E-state index in [0.29, 0.717) is 12.2 Å². The van der Waals surface area contributed by atoms with Gasteiger partial charge in [0.05, 0.1) is 5.69 Å². The number of hydrogen-bond acceptors (Lipinski definition) is 4. The van der Waals surface area contributed by atoms with E-state index in [2.05, 4.69) is 4.98 Å². The number of halogens is 2. The van der Waals surface area contributed by atoms with Crippen molar-refractivity contribution in [1.29, 1.82) is 0 Å². The molecule has 0 saturated carbocycles. The number of hydrogen-bond donors (Lipinski definition) is 1. The van der Waals surface area contributed by atoms with E-state index in [1.165, 1.54) is 11.3 Å². The first kappa shape index (κ1) is 11.9. The summed E-state index contributed by atoms with van der Waals surface area (Å²) in [5.74, 6) is -1.25. The molecule has 1 aromatic heterocycles. The topological polar surface area (TPSA) is 48.1 Å². The van der Waals surface area contributed by atoms with Gasteiger partial charge in [0, 0.05) is 18.0 Å². The smallest absolute Gasteiger partial charge is 0.165 e. The Morgan fingerprint density at radius 1 is 1.35 bits per heavy atom. The molecular formula is C11H10F2N2OS. The summed E-state index contributed by atoms with van der Waals surface area (Å²) < 4.78 is 31.2. The first-order chi connectivity index (χ1) is 8.19. The van der Waals surface area contributed by atoms with Crippen molar-refractivity contribution in [2.75, 3.05) is 0 Å².